The van der Waals surface area contributed by atoms with Gasteiger partial charge in [0.15, 0.2) is 11.5 Å². The third kappa shape index (κ3) is 7.93. The Labute approximate surface area is 171 Å². The molecular formula is C25H37NO2. The number of unbranched alkanes of at least 4 members (excludes halogenated alkanes) is 5. The molecule has 0 amide bonds. The van der Waals surface area contributed by atoms with Gasteiger partial charge < -0.3 is 14.8 Å². The molecule has 2 aromatic carbocycles. The first-order valence-corrected chi connectivity index (χ1v) is 10.9. The Morgan fingerprint density at radius 1 is 0.821 bits per heavy atom. The number of aryl methyl sites for hydroxylation is 1. The van der Waals surface area contributed by atoms with E-state index in [1.807, 2.05) is 19.1 Å². The first-order chi connectivity index (χ1) is 13.7. The molecule has 0 saturated heterocycles. The normalized spacial score (nSPS) is 10.8. The van der Waals surface area contributed by atoms with Crippen molar-refractivity contribution in [1.82, 2.24) is 5.32 Å². The molecule has 0 bridgehead atoms. The lowest BCUT2D eigenvalue weighted by molar-refractivity contribution is 0.266. The van der Waals surface area contributed by atoms with E-state index in [2.05, 4.69) is 49.5 Å². The zero-order chi connectivity index (χ0) is 20.0. The summed E-state index contributed by atoms with van der Waals surface area (Å²) in [5.41, 5.74) is 3.59. The van der Waals surface area contributed by atoms with Crippen LogP contribution < -0.4 is 14.8 Å². The van der Waals surface area contributed by atoms with E-state index >= 15 is 0 Å². The number of ether oxygens (including phenoxy) is 2. The minimum Gasteiger partial charge on any atom is -0.490 e. The summed E-state index contributed by atoms with van der Waals surface area (Å²) < 4.78 is 12.0. The van der Waals surface area contributed by atoms with Gasteiger partial charge in [-0.15, -0.1) is 0 Å². The number of rotatable bonds is 14. The molecule has 0 heterocycles. The third-order valence-corrected chi connectivity index (χ3v) is 4.89. The van der Waals surface area contributed by atoms with Gasteiger partial charge in [-0.1, -0.05) is 81.0 Å². The van der Waals surface area contributed by atoms with E-state index in [1.54, 1.807) is 0 Å². The predicted octanol–water partition coefficient (Wildman–Crippen LogP) is 6.42. The van der Waals surface area contributed by atoms with Crippen molar-refractivity contribution in [2.75, 3.05) is 13.2 Å². The molecule has 2 aromatic rings. The van der Waals surface area contributed by atoms with E-state index in [4.69, 9.17) is 9.47 Å². The van der Waals surface area contributed by atoms with Crippen LogP contribution in [0.25, 0.3) is 0 Å². The van der Waals surface area contributed by atoms with Crippen LogP contribution in [-0.2, 0) is 13.2 Å². The van der Waals surface area contributed by atoms with Crippen molar-refractivity contribution in [3.8, 4) is 11.5 Å². The Morgan fingerprint density at radius 2 is 1.57 bits per heavy atom. The highest BCUT2D eigenvalue weighted by molar-refractivity contribution is 5.46. The molecular weight excluding hydrogens is 346 g/mol. The molecule has 0 aromatic heterocycles. The van der Waals surface area contributed by atoms with Crippen LogP contribution in [0.15, 0.2) is 42.5 Å². The first-order valence-electron chi connectivity index (χ1n) is 10.9. The maximum Gasteiger partial charge on any atom is 0.166 e. The number of para-hydroxylation sites is 1. The van der Waals surface area contributed by atoms with Crippen LogP contribution in [0.2, 0.25) is 0 Å². The van der Waals surface area contributed by atoms with Gasteiger partial charge in [0.25, 0.3) is 0 Å². The van der Waals surface area contributed by atoms with Crippen molar-refractivity contribution in [2.24, 2.45) is 0 Å². The monoisotopic (exact) mass is 383 g/mol. The quantitative estimate of drug-likeness (QED) is 0.382. The third-order valence-electron chi connectivity index (χ3n) is 4.89. The molecule has 0 saturated carbocycles. The molecule has 0 aliphatic rings. The van der Waals surface area contributed by atoms with Crippen molar-refractivity contribution in [3.05, 3.63) is 59.2 Å². The van der Waals surface area contributed by atoms with E-state index in [0.717, 1.165) is 30.2 Å². The molecule has 3 heteroatoms. The molecule has 1 N–H and O–H groups in total. The molecule has 0 atom stereocenters. The summed E-state index contributed by atoms with van der Waals surface area (Å²) in [7, 11) is 0. The number of nitrogens with one attached hydrogen (secondary N) is 1. The van der Waals surface area contributed by atoms with Crippen LogP contribution in [0.5, 0.6) is 11.5 Å². The van der Waals surface area contributed by atoms with Gasteiger partial charge >= 0.3 is 0 Å². The van der Waals surface area contributed by atoms with E-state index in [0.29, 0.717) is 13.2 Å². The summed E-state index contributed by atoms with van der Waals surface area (Å²) in [5, 5.41) is 3.57. The fourth-order valence-corrected chi connectivity index (χ4v) is 3.23. The fraction of sp³-hybridized carbons (Fsp3) is 0.520. The van der Waals surface area contributed by atoms with Crippen LogP contribution >= 0.6 is 0 Å². The van der Waals surface area contributed by atoms with Crippen LogP contribution in [0.1, 0.15) is 69.1 Å². The standard InChI is InChI=1S/C25H37NO2/c1-4-6-7-8-9-10-18-26-19-23-12-11-13-24(27-5-2)25(23)28-20-22-16-14-21(3)15-17-22/h11-17,26H,4-10,18-20H2,1-3H3. The Kier molecular flexibility index (Phi) is 10.5. The minimum absolute atomic E-state index is 0.550. The first kappa shape index (κ1) is 22.3. The number of hydrogen-bond acceptors (Lipinski definition) is 3. The fourth-order valence-electron chi connectivity index (χ4n) is 3.23. The second kappa shape index (κ2) is 13.2. The molecule has 0 spiro atoms. The summed E-state index contributed by atoms with van der Waals surface area (Å²) in [4.78, 5) is 0. The van der Waals surface area contributed by atoms with E-state index in [1.165, 1.54) is 49.7 Å². The summed E-state index contributed by atoms with van der Waals surface area (Å²) in [5.74, 6) is 1.69. The van der Waals surface area contributed by atoms with E-state index < -0.39 is 0 Å². The summed E-state index contributed by atoms with van der Waals surface area (Å²) in [6, 6.07) is 14.6. The average Bonchev–Trinajstić information content (AvgIpc) is 2.71. The molecule has 2 rings (SSSR count). The van der Waals surface area contributed by atoms with E-state index in [-0.39, 0.29) is 0 Å². The van der Waals surface area contributed by atoms with Gasteiger partial charge in [-0.05, 0) is 38.4 Å². The molecule has 0 fully saturated rings. The van der Waals surface area contributed by atoms with Gasteiger partial charge in [0, 0.05) is 12.1 Å². The predicted molar refractivity (Wildman–Crippen MR) is 118 cm³/mol. The lowest BCUT2D eigenvalue weighted by Crippen LogP contribution is -2.16. The second-order valence-electron chi connectivity index (χ2n) is 7.40. The van der Waals surface area contributed by atoms with Gasteiger partial charge in [0.1, 0.15) is 6.61 Å². The highest BCUT2D eigenvalue weighted by atomic mass is 16.5. The summed E-state index contributed by atoms with van der Waals surface area (Å²) in [6.07, 6.45) is 7.92. The van der Waals surface area contributed by atoms with Gasteiger partial charge in [-0.3, -0.25) is 0 Å². The van der Waals surface area contributed by atoms with Crippen molar-refractivity contribution >= 4 is 0 Å². The number of hydrogen-bond donors (Lipinski definition) is 1. The SMILES string of the molecule is CCCCCCCCNCc1cccc(OCC)c1OCc1ccc(C)cc1. The molecule has 154 valence electrons. The Balaban J connectivity index is 1.89. The lowest BCUT2D eigenvalue weighted by atomic mass is 10.1. The van der Waals surface area contributed by atoms with E-state index in [9.17, 15) is 0 Å². The van der Waals surface area contributed by atoms with Gasteiger partial charge in [-0.2, -0.15) is 0 Å². The second-order valence-corrected chi connectivity index (χ2v) is 7.40. The van der Waals surface area contributed by atoms with Crippen molar-refractivity contribution in [3.63, 3.8) is 0 Å². The molecule has 0 unspecified atom stereocenters. The van der Waals surface area contributed by atoms with Crippen molar-refractivity contribution < 1.29 is 9.47 Å². The van der Waals surface area contributed by atoms with Crippen LogP contribution in [-0.4, -0.2) is 13.2 Å². The van der Waals surface area contributed by atoms with Crippen molar-refractivity contribution in [1.29, 1.82) is 0 Å². The molecule has 0 aliphatic heterocycles. The minimum atomic E-state index is 0.550. The summed E-state index contributed by atoms with van der Waals surface area (Å²) >= 11 is 0. The van der Waals surface area contributed by atoms with Gasteiger partial charge in [0.05, 0.1) is 6.61 Å². The average molecular weight is 384 g/mol. The Morgan fingerprint density at radius 3 is 2.32 bits per heavy atom. The zero-order valence-electron chi connectivity index (χ0n) is 17.9. The molecule has 0 aliphatic carbocycles. The highest BCUT2D eigenvalue weighted by Gasteiger charge is 2.11. The van der Waals surface area contributed by atoms with Crippen molar-refractivity contribution in [2.45, 2.75) is 72.4 Å². The van der Waals surface area contributed by atoms with Crippen LogP contribution in [0.3, 0.4) is 0 Å². The van der Waals surface area contributed by atoms with Gasteiger partial charge in [-0.25, -0.2) is 0 Å². The van der Waals surface area contributed by atoms with Crippen LogP contribution in [0.4, 0.5) is 0 Å². The topological polar surface area (TPSA) is 30.5 Å². The summed E-state index contributed by atoms with van der Waals surface area (Å²) in [6.45, 7) is 9.40. The Hall–Kier alpha value is -2.00. The Bertz CT molecular complexity index is 667. The van der Waals surface area contributed by atoms with Crippen LogP contribution in [0, 0.1) is 6.92 Å². The zero-order valence-corrected chi connectivity index (χ0v) is 17.9. The molecule has 3 nitrogen and oxygen atoms in total. The smallest absolute Gasteiger partial charge is 0.166 e. The molecule has 28 heavy (non-hydrogen) atoms. The lowest BCUT2D eigenvalue weighted by Gasteiger charge is -2.16. The maximum absolute atomic E-state index is 6.20. The van der Waals surface area contributed by atoms with Gasteiger partial charge in [0.2, 0.25) is 0 Å². The molecule has 0 radical (unpaired) electrons. The largest absolute Gasteiger partial charge is 0.490 e. The number of benzene rings is 2. The highest BCUT2D eigenvalue weighted by Crippen LogP contribution is 2.32. The maximum atomic E-state index is 6.20.